The van der Waals surface area contributed by atoms with Crippen molar-refractivity contribution in [2.75, 3.05) is 7.05 Å². The number of nitrogens with zero attached hydrogens (tertiary/aromatic N) is 1. The Morgan fingerprint density at radius 2 is 1.57 bits per heavy atom. The predicted octanol–water partition coefficient (Wildman–Crippen LogP) is 2.11. The van der Waals surface area contributed by atoms with Crippen LogP contribution < -0.4 is 5.32 Å². The third-order valence-corrected chi connectivity index (χ3v) is 5.56. The average Bonchev–Trinajstić information content (AvgIpc) is 2.93. The zero-order valence-corrected chi connectivity index (χ0v) is 12.7. The molecule has 0 unspecified atom stereocenters. The molecule has 3 rings (SSSR count). The van der Waals surface area contributed by atoms with Crippen molar-refractivity contribution < 1.29 is 8.42 Å². The number of hydrogen-bond acceptors (Lipinski definition) is 3. The maximum absolute atomic E-state index is 12.7. The molecule has 21 heavy (non-hydrogen) atoms. The van der Waals surface area contributed by atoms with Crippen LogP contribution in [0.4, 0.5) is 0 Å². The molecule has 1 aliphatic heterocycles. The van der Waals surface area contributed by atoms with Crippen LogP contribution in [0.5, 0.6) is 0 Å². The molecule has 2 aromatic rings. The van der Waals surface area contributed by atoms with Crippen LogP contribution in [0.3, 0.4) is 0 Å². The van der Waals surface area contributed by atoms with Gasteiger partial charge in [-0.15, -0.1) is 0 Å². The minimum atomic E-state index is -3.43. The molecule has 0 saturated carbocycles. The van der Waals surface area contributed by atoms with E-state index < -0.39 is 10.0 Å². The van der Waals surface area contributed by atoms with Crippen LogP contribution in [-0.2, 0) is 29.7 Å². The van der Waals surface area contributed by atoms with Gasteiger partial charge in [-0.05, 0) is 35.9 Å². The van der Waals surface area contributed by atoms with Gasteiger partial charge in [-0.3, -0.25) is 0 Å². The van der Waals surface area contributed by atoms with Crippen molar-refractivity contribution in [1.29, 1.82) is 0 Å². The first-order valence-electron chi connectivity index (χ1n) is 6.92. The van der Waals surface area contributed by atoms with Gasteiger partial charge in [0.2, 0.25) is 10.0 Å². The Bertz CT molecular complexity index is 714. The minimum absolute atomic E-state index is 0.357. The molecule has 2 aromatic carbocycles. The Labute approximate surface area is 125 Å². The van der Waals surface area contributed by atoms with Gasteiger partial charge in [-0.2, -0.15) is 4.31 Å². The van der Waals surface area contributed by atoms with Crippen LogP contribution in [0, 0.1) is 0 Å². The van der Waals surface area contributed by atoms with Crippen molar-refractivity contribution >= 4 is 10.0 Å². The van der Waals surface area contributed by atoms with E-state index in [0.29, 0.717) is 18.0 Å². The summed E-state index contributed by atoms with van der Waals surface area (Å²) in [6.07, 6.45) is 0. The van der Waals surface area contributed by atoms with Crippen LogP contribution >= 0.6 is 0 Å². The fraction of sp³-hybridized carbons (Fsp3) is 0.250. The Hall–Kier alpha value is -1.69. The number of benzene rings is 2. The zero-order valence-electron chi connectivity index (χ0n) is 11.9. The molecule has 0 aliphatic carbocycles. The van der Waals surface area contributed by atoms with Gasteiger partial charge in [0.25, 0.3) is 0 Å². The summed E-state index contributed by atoms with van der Waals surface area (Å²) in [5.74, 6) is 0. The van der Waals surface area contributed by atoms with E-state index in [2.05, 4.69) is 5.32 Å². The lowest BCUT2D eigenvalue weighted by Crippen LogP contribution is -2.25. The third-order valence-electron chi connectivity index (χ3n) is 3.75. The second-order valence-electron chi connectivity index (χ2n) is 5.22. The molecule has 4 nitrogen and oxygen atoms in total. The molecular weight excluding hydrogens is 284 g/mol. The number of fused-ring (bicyclic) bond motifs is 1. The van der Waals surface area contributed by atoms with Crippen LogP contribution in [0.2, 0.25) is 0 Å². The van der Waals surface area contributed by atoms with E-state index in [-0.39, 0.29) is 0 Å². The average molecular weight is 302 g/mol. The van der Waals surface area contributed by atoms with Crippen molar-refractivity contribution in [3.63, 3.8) is 0 Å². The standard InChI is InChI=1S/C16H18N2O2S/c1-17-10-13-6-8-16(9-7-13)21(19,20)18-11-14-4-2-3-5-15(14)12-18/h2-9,17H,10-12H2,1H3. The highest BCUT2D eigenvalue weighted by Gasteiger charge is 2.30. The largest absolute Gasteiger partial charge is 0.316 e. The smallest absolute Gasteiger partial charge is 0.243 e. The summed E-state index contributed by atoms with van der Waals surface area (Å²) < 4.78 is 26.9. The lowest BCUT2D eigenvalue weighted by molar-refractivity contribution is 0.431. The van der Waals surface area contributed by atoms with Gasteiger partial charge in [0.05, 0.1) is 4.90 Å². The quantitative estimate of drug-likeness (QED) is 0.941. The molecule has 0 atom stereocenters. The highest BCUT2D eigenvalue weighted by molar-refractivity contribution is 7.89. The molecule has 0 amide bonds. The molecule has 0 radical (unpaired) electrons. The summed E-state index contributed by atoms with van der Waals surface area (Å²) in [7, 11) is -1.56. The number of nitrogens with one attached hydrogen (secondary N) is 1. The molecule has 5 heteroatoms. The Morgan fingerprint density at radius 3 is 2.10 bits per heavy atom. The Kier molecular flexibility index (Phi) is 3.80. The molecular formula is C16H18N2O2S. The first kappa shape index (κ1) is 14.3. The minimum Gasteiger partial charge on any atom is -0.316 e. The summed E-state index contributed by atoms with van der Waals surface area (Å²) in [5.41, 5.74) is 3.25. The van der Waals surface area contributed by atoms with Gasteiger partial charge >= 0.3 is 0 Å². The lowest BCUT2D eigenvalue weighted by Gasteiger charge is -2.16. The molecule has 0 spiro atoms. The van der Waals surface area contributed by atoms with Gasteiger partial charge in [0.15, 0.2) is 0 Å². The van der Waals surface area contributed by atoms with Gasteiger partial charge < -0.3 is 5.32 Å². The van der Waals surface area contributed by atoms with E-state index in [1.807, 2.05) is 43.4 Å². The molecule has 1 aliphatic rings. The first-order chi connectivity index (χ1) is 10.1. The Balaban J connectivity index is 1.85. The lowest BCUT2D eigenvalue weighted by atomic mass is 10.1. The second kappa shape index (κ2) is 5.60. The van der Waals surface area contributed by atoms with Gasteiger partial charge in [-0.1, -0.05) is 36.4 Å². The van der Waals surface area contributed by atoms with Crippen LogP contribution in [0.1, 0.15) is 16.7 Å². The number of sulfonamides is 1. The topological polar surface area (TPSA) is 49.4 Å². The normalized spacial score (nSPS) is 15.1. The maximum Gasteiger partial charge on any atom is 0.243 e. The van der Waals surface area contributed by atoms with E-state index in [1.54, 1.807) is 12.1 Å². The first-order valence-corrected chi connectivity index (χ1v) is 8.36. The highest BCUT2D eigenvalue weighted by atomic mass is 32.2. The van der Waals surface area contributed by atoms with Crippen LogP contribution in [0.15, 0.2) is 53.4 Å². The van der Waals surface area contributed by atoms with Crippen LogP contribution in [-0.4, -0.2) is 19.8 Å². The van der Waals surface area contributed by atoms with Crippen molar-refractivity contribution in [2.24, 2.45) is 0 Å². The molecule has 0 bridgehead atoms. The van der Waals surface area contributed by atoms with Crippen molar-refractivity contribution in [1.82, 2.24) is 9.62 Å². The van der Waals surface area contributed by atoms with E-state index in [4.69, 9.17) is 0 Å². The highest BCUT2D eigenvalue weighted by Crippen LogP contribution is 2.28. The van der Waals surface area contributed by atoms with E-state index in [1.165, 1.54) is 4.31 Å². The third kappa shape index (κ3) is 2.72. The second-order valence-corrected chi connectivity index (χ2v) is 7.15. The van der Waals surface area contributed by atoms with Crippen molar-refractivity contribution in [3.05, 3.63) is 65.2 Å². The van der Waals surface area contributed by atoms with Gasteiger partial charge in [0.1, 0.15) is 0 Å². The van der Waals surface area contributed by atoms with E-state index in [9.17, 15) is 8.42 Å². The molecule has 110 valence electrons. The van der Waals surface area contributed by atoms with E-state index in [0.717, 1.165) is 23.2 Å². The molecule has 0 fully saturated rings. The fourth-order valence-electron chi connectivity index (χ4n) is 2.60. The van der Waals surface area contributed by atoms with Gasteiger partial charge in [-0.25, -0.2) is 8.42 Å². The molecule has 0 saturated heterocycles. The maximum atomic E-state index is 12.7. The predicted molar refractivity (Wildman–Crippen MR) is 82.1 cm³/mol. The SMILES string of the molecule is CNCc1ccc(S(=O)(=O)N2Cc3ccccc3C2)cc1. The molecule has 1 heterocycles. The summed E-state index contributed by atoms with van der Waals surface area (Å²) >= 11 is 0. The molecule has 0 aromatic heterocycles. The summed E-state index contributed by atoms with van der Waals surface area (Å²) in [6, 6.07) is 14.9. The fourth-order valence-corrected chi connectivity index (χ4v) is 4.00. The van der Waals surface area contributed by atoms with Crippen LogP contribution in [0.25, 0.3) is 0 Å². The molecule has 1 N–H and O–H groups in total. The van der Waals surface area contributed by atoms with Gasteiger partial charge in [0, 0.05) is 19.6 Å². The number of rotatable bonds is 4. The van der Waals surface area contributed by atoms with Crippen molar-refractivity contribution in [3.8, 4) is 0 Å². The zero-order chi connectivity index (χ0) is 14.9. The number of hydrogen-bond donors (Lipinski definition) is 1. The summed E-state index contributed by atoms with van der Waals surface area (Å²) in [4.78, 5) is 0.357. The monoisotopic (exact) mass is 302 g/mol. The summed E-state index contributed by atoms with van der Waals surface area (Å²) in [5, 5.41) is 3.05. The van der Waals surface area contributed by atoms with Crippen molar-refractivity contribution in [2.45, 2.75) is 24.5 Å². The Morgan fingerprint density at radius 1 is 1.00 bits per heavy atom. The summed E-state index contributed by atoms with van der Waals surface area (Å²) in [6.45, 7) is 1.64. The van der Waals surface area contributed by atoms with E-state index >= 15 is 0 Å².